The lowest BCUT2D eigenvalue weighted by Crippen LogP contribution is -2.48. The largest absolute Gasteiger partial charge is 0.417 e. The number of fused-ring (bicyclic) bond motifs is 2. The van der Waals surface area contributed by atoms with Gasteiger partial charge in [0.15, 0.2) is 0 Å². The van der Waals surface area contributed by atoms with Crippen molar-refractivity contribution in [3.63, 3.8) is 0 Å². The van der Waals surface area contributed by atoms with Gasteiger partial charge in [-0.15, -0.1) is 0 Å². The first-order valence-corrected chi connectivity index (χ1v) is 10.1. The van der Waals surface area contributed by atoms with E-state index in [4.69, 9.17) is 0 Å². The maximum absolute atomic E-state index is 13.4. The number of alkyl halides is 3. The van der Waals surface area contributed by atoms with Crippen LogP contribution >= 0.6 is 0 Å². The zero-order valence-electron chi connectivity index (χ0n) is 16.4. The van der Waals surface area contributed by atoms with Crippen LogP contribution in [0.5, 0.6) is 0 Å². The molecule has 2 fully saturated rings. The Labute approximate surface area is 176 Å². The van der Waals surface area contributed by atoms with Crippen LogP contribution in [0.15, 0.2) is 55.0 Å². The van der Waals surface area contributed by atoms with Crippen molar-refractivity contribution in [3.8, 4) is 11.3 Å². The molecule has 3 atom stereocenters. The molecular formula is C22H20F3N5O. The summed E-state index contributed by atoms with van der Waals surface area (Å²) in [6.45, 7) is 0.656. The summed E-state index contributed by atoms with van der Waals surface area (Å²) in [4.78, 5) is 26.6. The molecule has 6 nitrogen and oxygen atoms in total. The van der Waals surface area contributed by atoms with Crippen LogP contribution < -0.4 is 5.32 Å². The summed E-state index contributed by atoms with van der Waals surface area (Å²) in [5.74, 6) is 0.589. The lowest BCUT2D eigenvalue weighted by atomic mass is 10.0. The number of H-pyrrole nitrogens is 1. The second kappa shape index (κ2) is 7.40. The Morgan fingerprint density at radius 2 is 2.00 bits per heavy atom. The summed E-state index contributed by atoms with van der Waals surface area (Å²) in [6, 6.07) is 9.65. The number of hydrogen-bond donors (Lipinski definition) is 2. The number of halogens is 3. The van der Waals surface area contributed by atoms with E-state index in [2.05, 4.69) is 20.3 Å². The fourth-order valence-electron chi connectivity index (χ4n) is 4.68. The van der Waals surface area contributed by atoms with E-state index >= 15 is 0 Å². The average molecular weight is 427 g/mol. The van der Waals surface area contributed by atoms with Crippen molar-refractivity contribution in [1.82, 2.24) is 19.9 Å². The molecule has 2 aliphatic rings. The summed E-state index contributed by atoms with van der Waals surface area (Å²) in [5.41, 5.74) is 1.18. The van der Waals surface area contributed by atoms with Gasteiger partial charge in [0, 0.05) is 42.4 Å². The number of carbonyl (C=O) groups excluding carboxylic acids is 1. The van der Waals surface area contributed by atoms with Gasteiger partial charge in [-0.1, -0.05) is 0 Å². The van der Waals surface area contributed by atoms with Crippen molar-refractivity contribution in [3.05, 3.63) is 66.2 Å². The summed E-state index contributed by atoms with van der Waals surface area (Å²) < 4.78 is 38.3. The Kier molecular flexibility index (Phi) is 4.68. The number of aromatic nitrogens is 3. The number of pyridine rings is 2. The summed E-state index contributed by atoms with van der Waals surface area (Å²) in [7, 11) is 0. The summed E-state index contributed by atoms with van der Waals surface area (Å²) >= 11 is 0. The predicted molar refractivity (Wildman–Crippen MR) is 108 cm³/mol. The lowest BCUT2D eigenvalue weighted by Gasteiger charge is -2.34. The van der Waals surface area contributed by atoms with Gasteiger partial charge in [0.1, 0.15) is 11.5 Å². The van der Waals surface area contributed by atoms with Crippen LogP contribution in [0.3, 0.4) is 0 Å². The van der Waals surface area contributed by atoms with Crippen molar-refractivity contribution >= 4 is 11.7 Å². The molecule has 9 heteroatoms. The van der Waals surface area contributed by atoms with Crippen molar-refractivity contribution in [2.75, 3.05) is 11.9 Å². The van der Waals surface area contributed by atoms with Gasteiger partial charge in [0.05, 0.1) is 11.6 Å². The Bertz CT molecular complexity index is 1080. The lowest BCUT2D eigenvalue weighted by molar-refractivity contribution is -0.137. The SMILES string of the molecule is O=C(c1ncccc1-c1ccc[nH]1)N1C[C@H]2C[C@@H](Nc3ccc(C(F)(F)F)cn3)[C@@H]1C2. The Balaban J connectivity index is 1.35. The van der Waals surface area contributed by atoms with Crippen LogP contribution in [0, 0.1) is 5.92 Å². The molecule has 2 N–H and O–H groups in total. The molecule has 1 saturated carbocycles. The van der Waals surface area contributed by atoms with E-state index in [-0.39, 0.29) is 18.0 Å². The molecule has 0 spiro atoms. The minimum atomic E-state index is -4.42. The van der Waals surface area contributed by atoms with E-state index < -0.39 is 11.7 Å². The molecule has 0 unspecified atom stereocenters. The van der Waals surface area contributed by atoms with Crippen LogP contribution in [-0.4, -0.2) is 44.4 Å². The summed E-state index contributed by atoms with van der Waals surface area (Å²) in [6.07, 6.45) is 1.52. The zero-order chi connectivity index (χ0) is 21.6. The number of rotatable bonds is 4. The van der Waals surface area contributed by atoms with Crippen molar-refractivity contribution < 1.29 is 18.0 Å². The number of carbonyl (C=O) groups is 1. The number of anilines is 1. The molecular weight excluding hydrogens is 407 g/mol. The minimum absolute atomic E-state index is 0.0555. The highest BCUT2D eigenvalue weighted by molar-refractivity contribution is 5.99. The van der Waals surface area contributed by atoms with E-state index in [1.165, 1.54) is 6.07 Å². The van der Waals surface area contributed by atoms with E-state index in [1.807, 2.05) is 23.1 Å². The zero-order valence-corrected chi connectivity index (χ0v) is 16.4. The van der Waals surface area contributed by atoms with Crippen LogP contribution in [0.1, 0.15) is 28.9 Å². The standard InChI is InChI=1S/C22H20F3N5O/c23-22(24,25)14-5-6-19(28-11-14)29-17-9-13-10-18(17)30(12-13)21(31)20-15(3-1-8-27-20)16-4-2-7-26-16/h1-8,11,13,17-18,26H,9-10,12H2,(H,28,29)/t13-,17+,18-/m0/s1. The van der Waals surface area contributed by atoms with Gasteiger partial charge in [0.2, 0.25) is 0 Å². The van der Waals surface area contributed by atoms with Crippen LogP contribution in [0.2, 0.25) is 0 Å². The molecule has 3 aromatic rings. The molecule has 2 bridgehead atoms. The number of piperidine rings is 1. The molecule has 1 aliphatic carbocycles. The van der Waals surface area contributed by atoms with Crippen LogP contribution in [0.4, 0.5) is 19.0 Å². The van der Waals surface area contributed by atoms with Crippen LogP contribution in [0.25, 0.3) is 11.3 Å². The van der Waals surface area contributed by atoms with Gasteiger partial charge in [-0.25, -0.2) is 4.98 Å². The first-order valence-electron chi connectivity index (χ1n) is 10.1. The maximum Gasteiger partial charge on any atom is 0.417 e. The average Bonchev–Trinajstić information content (AvgIpc) is 3.50. The monoisotopic (exact) mass is 427 g/mol. The molecule has 1 saturated heterocycles. The third kappa shape index (κ3) is 3.64. The third-order valence-corrected chi connectivity index (χ3v) is 6.07. The minimum Gasteiger partial charge on any atom is -0.365 e. The normalized spacial score (nSPS) is 22.7. The van der Waals surface area contributed by atoms with E-state index in [0.717, 1.165) is 36.4 Å². The van der Waals surface area contributed by atoms with Crippen LogP contribution in [-0.2, 0) is 6.18 Å². The second-order valence-electron chi connectivity index (χ2n) is 8.03. The quantitative estimate of drug-likeness (QED) is 0.654. The highest BCUT2D eigenvalue weighted by atomic mass is 19.4. The highest BCUT2D eigenvalue weighted by Gasteiger charge is 2.47. The topological polar surface area (TPSA) is 73.9 Å². The van der Waals surface area contributed by atoms with Gasteiger partial charge < -0.3 is 15.2 Å². The van der Waals surface area contributed by atoms with Gasteiger partial charge in [0.25, 0.3) is 5.91 Å². The van der Waals surface area contributed by atoms with Crippen molar-refractivity contribution in [2.45, 2.75) is 31.1 Å². The fraction of sp³-hybridized carbons (Fsp3) is 0.318. The van der Waals surface area contributed by atoms with E-state index in [9.17, 15) is 18.0 Å². The second-order valence-corrected chi connectivity index (χ2v) is 8.03. The Morgan fingerprint density at radius 1 is 1.13 bits per heavy atom. The first kappa shape index (κ1) is 19.6. The van der Waals surface area contributed by atoms with Gasteiger partial charge in [-0.2, -0.15) is 13.2 Å². The molecule has 5 rings (SSSR count). The smallest absolute Gasteiger partial charge is 0.365 e. The molecule has 160 valence electrons. The molecule has 4 heterocycles. The number of likely N-dealkylation sites (tertiary alicyclic amines) is 1. The number of nitrogens with one attached hydrogen (secondary N) is 2. The van der Waals surface area contributed by atoms with Crippen molar-refractivity contribution in [2.24, 2.45) is 5.92 Å². The van der Waals surface area contributed by atoms with Gasteiger partial charge in [-0.3, -0.25) is 9.78 Å². The highest BCUT2D eigenvalue weighted by Crippen LogP contribution is 2.40. The fourth-order valence-corrected chi connectivity index (χ4v) is 4.68. The molecule has 0 aromatic carbocycles. The Hall–Kier alpha value is -3.36. The molecule has 1 amide bonds. The predicted octanol–water partition coefficient (Wildman–Crippen LogP) is 4.21. The maximum atomic E-state index is 13.4. The summed E-state index contributed by atoms with van der Waals surface area (Å²) in [5, 5.41) is 3.23. The van der Waals surface area contributed by atoms with Gasteiger partial charge in [-0.05, 0) is 55.2 Å². The molecule has 1 aliphatic heterocycles. The number of nitrogens with zero attached hydrogens (tertiary/aromatic N) is 3. The molecule has 31 heavy (non-hydrogen) atoms. The Morgan fingerprint density at radius 3 is 2.68 bits per heavy atom. The molecule has 0 radical (unpaired) electrons. The first-order chi connectivity index (χ1) is 14.9. The van der Waals surface area contributed by atoms with Crippen molar-refractivity contribution in [1.29, 1.82) is 0 Å². The molecule has 3 aromatic heterocycles. The number of hydrogen-bond acceptors (Lipinski definition) is 4. The number of aromatic amines is 1. The van der Waals surface area contributed by atoms with Gasteiger partial charge >= 0.3 is 6.18 Å². The number of amides is 1. The van der Waals surface area contributed by atoms with E-state index in [1.54, 1.807) is 18.5 Å². The van der Waals surface area contributed by atoms with E-state index in [0.29, 0.717) is 24.0 Å². The third-order valence-electron chi connectivity index (χ3n) is 6.07.